The average molecular weight is 376 g/mol. The van der Waals surface area contributed by atoms with Gasteiger partial charge in [0.2, 0.25) is 0 Å². The van der Waals surface area contributed by atoms with E-state index in [1.54, 1.807) is 6.07 Å². The number of benzene rings is 3. The maximum absolute atomic E-state index is 11.5. The van der Waals surface area contributed by atoms with Gasteiger partial charge in [0, 0.05) is 16.6 Å². The van der Waals surface area contributed by atoms with Crippen LogP contribution in [0.2, 0.25) is 5.02 Å². The zero-order valence-electron chi connectivity index (χ0n) is 14.5. The number of carboxylic acid groups (broad SMARTS) is 1. The van der Waals surface area contributed by atoms with E-state index in [1.165, 1.54) is 11.1 Å². The third-order valence-electron chi connectivity index (χ3n) is 5.89. The summed E-state index contributed by atoms with van der Waals surface area (Å²) >= 11 is 6.54. The normalized spacial score (nSPS) is 22.3. The molecular weight excluding hydrogens is 358 g/mol. The smallest absolute Gasteiger partial charge is 0.335 e. The molecule has 27 heavy (non-hydrogen) atoms. The van der Waals surface area contributed by atoms with Crippen LogP contribution in [0, 0.1) is 5.92 Å². The van der Waals surface area contributed by atoms with Crippen LogP contribution in [0.5, 0.6) is 0 Å². The fourth-order valence-electron chi connectivity index (χ4n) is 4.73. The van der Waals surface area contributed by atoms with E-state index in [2.05, 4.69) is 35.6 Å². The highest BCUT2D eigenvalue weighted by molar-refractivity contribution is 6.31. The Morgan fingerprint density at radius 1 is 0.963 bits per heavy atom. The molecule has 1 aliphatic carbocycles. The van der Waals surface area contributed by atoms with Crippen LogP contribution in [-0.2, 0) is 6.42 Å². The summed E-state index contributed by atoms with van der Waals surface area (Å²) in [5.41, 5.74) is 6.10. The van der Waals surface area contributed by atoms with Gasteiger partial charge in [-0.3, -0.25) is 0 Å². The van der Waals surface area contributed by atoms with Gasteiger partial charge in [-0.2, -0.15) is 0 Å². The standard InChI is InChI=1S/C23H18ClNO2/c24-19-8-4-3-7-16(19)22-18-11-13-5-1-2-6-15(13)21(18)17-12-14(23(26)27)9-10-20(17)25-22/h1-10,12,18,21-22,25H,11H2,(H,26,27)/t18-,21+,22-/m1/s1. The Morgan fingerprint density at radius 3 is 2.48 bits per heavy atom. The molecule has 0 unspecified atom stereocenters. The Bertz CT molecular complexity index is 1060. The van der Waals surface area contributed by atoms with Crippen LogP contribution < -0.4 is 5.32 Å². The van der Waals surface area contributed by atoms with Crippen molar-refractivity contribution in [2.75, 3.05) is 5.32 Å². The first-order chi connectivity index (χ1) is 13.1. The van der Waals surface area contributed by atoms with Gasteiger partial charge in [0.05, 0.1) is 11.6 Å². The maximum Gasteiger partial charge on any atom is 0.335 e. The number of rotatable bonds is 2. The van der Waals surface area contributed by atoms with Crippen molar-refractivity contribution in [3.8, 4) is 0 Å². The number of aromatic carboxylic acids is 1. The molecule has 0 aromatic heterocycles. The van der Waals surface area contributed by atoms with Crippen molar-refractivity contribution in [3.05, 3.63) is 99.6 Å². The highest BCUT2D eigenvalue weighted by Gasteiger charge is 2.43. The number of carboxylic acids is 1. The van der Waals surface area contributed by atoms with Crippen molar-refractivity contribution < 1.29 is 9.90 Å². The lowest BCUT2D eigenvalue weighted by molar-refractivity contribution is 0.0696. The first-order valence-corrected chi connectivity index (χ1v) is 9.47. The zero-order valence-corrected chi connectivity index (χ0v) is 15.3. The molecule has 0 fully saturated rings. The van der Waals surface area contributed by atoms with Crippen LogP contribution in [0.25, 0.3) is 0 Å². The fraction of sp³-hybridized carbons (Fsp3) is 0.174. The minimum Gasteiger partial charge on any atom is -0.478 e. The number of anilines is 1. The Hall–Kier alpha value is -2.78. The van der Waals surface area contributed by atoms with Gasteiger partial charge in [-0.05, 0) is 58.9 Å². The van der Waals surface area contributed by atoms with Gasteiger partial charge < -0.3 is 10.4 Å². The predicted molar refractivity (Wildman–Crippen MR) is 107 cm³/mol. The molecule has 0 radical (unpaired) electrons. The van der Waals surface area contributed by atoms with Gasteiger partial charge in [-0.25, -0.2) is 4.79 Å². The lowest BCUT2D eigenvalue weighted by Crippen LogP contribution is -2.30. The number of carbonyl (C=O) groups is 1. The summed E-state index contributed by atoms with van der Waals surface area (Å²) in [4.78, 5) is 11.5. The predicted octanol–water partition coefficient (Wildman–Crippen LogP) is 5.51. The molecule has 0 amide bonds. The van der Waals surface area contributed by atoms with E-state index in [1.807, 2.05) is 30.3 Å². The van der Waals surface area contributed by atoms with Crippen LogP contribution in [0.4, 0.5) is 5.69 Å². The molecular formula is C23H18ClNO2. The van der Waals surface area contributed by atoms with Gasteiger partial charge >= 0.3 is 5.97 Å². The largest absolute Gasteiger partial charge is 0.478 e. The molecule has 3 aromatic carbocycles. The highest BCUT2D eigenvalue weighted by atomic mass is 35.5. The van der Waals surface area contributed by atoms with Crippen molar-refractivity contribution in [2.24, 2.45) is 5.92 Å². The van der Waals surface area contributed by atoms with Crippen LogP contribution in [0.15, 0.2) is 66.7 Å². The van der Waals surface area contributed by atoms with Gasteiger partial charge in [0.25, 0.3) is 0 Å². The van der Waals surface area contributed by atoms with Crippen molar-refractivity contribution in [3.63, 3.8) is 0 Å². The van der Waals surface area contributed by atoms with E-state index in [9.17, 15) is 9.90 Å². The quantitative estimate of drug-likeness (QED) is 0.621. The lowest BCUT2D eigenvalue weighted by atomic mass is 9.75. The molecule has 4 heteroatoms. The van der Waals surface area contributed by atoms with Crippen molar-refractivity contribution >= 4 is 23.3 Å². The summed E-state index contributed by atoms with van der Waals surface area (Å²) in [5, 5.41) is 13.9. The average Bonchev–Trinajstić information content (AvgIpc) is 3.07. The first kappa shape index (κ1) is 16.4. The van der Waals surface area contributed by atoms with E-state index in [4.69, 9.17) is 11.6 Å². The van der Waals surface area contributed by atoms with Gasteiger partial charge in [-0.15, -0.1) is 0 Å². The summed E-state index contributed by atoms with van der Waals surface area (Å²) in [6.07, 6.45) is 0.945. The molecule has 0 saturated heterocycles. The molecule has 0 bridgehead atoms. The molecule has 5 rings (SSSR count). The molecule has 134 valence electrons. The summed E-state index contributed by atoms with van der Waals surface area (Å²) in [6, 6.07) is 21.9. The second kappa shape index (κ2) is 6.14. The van der Waals surface area contributed by atoms with Crippen molar-refractivity contribution in [2.45, 2.75) is 18.4 Å². The Labute approximate surface area is 162 Å². The van der Waals surface area contributed by atoms with E-state index in [0.29, 0.717) is 11.5 Å². The number of hydrogen-bond donors (Lipinski definition) is 2. The lowest BCUT2D eigenvalue weighted by Gasteiger charge is -2.38. The van der Waals surface area contributed by atoms with Crippen LogP contribution in [0.3, 0.4) is 0 Å². The molecule has 3 atom stereocenters. The van der Waals surface area contributed by atoms with Crippen molar-refractivity contribution in [1.29, 1.82) is 0 Å². The number of nitrogens with one attached hydrogen (secondary N) is 1. The van der Waals surface area contributed by atoms with E-state index >= 15 is 0 Å². The summed E-state index contributed by atoms with van der Waals surface area (Å²) in [5.74, 6) is -0.439. The van der Waals surface area contributed by atoms with Gasteiger partial charge in [0.15, 0.2) is 0 Å². The minimum atomic E-state index is -0.895. The highest BCUT2D eigenvalue weighted by Crippen LogP contribution is 2.54. The Kier molecular flexibility index (Phi) is 3.73. The number of hydrogen-bond acceptors (Lipinski definition) is 2. The van der Waals surface area contributed by atoms with E-state index < -0.39 is 5.97 Å². The Morgan fingerprint density at radius 2 is 1.70 bits per heavy atom. The molecule has 2 aliphatic rings. The Balaban J connectivity index is 1.71. The monoisotopic (exact) mass is 375 g/mol. The number of fused-ring (bicyclic) bond motifs is 5. The van der Waals surface area contributed by atoms with E-state index in [-0.39, 0.29) is 12.0 Å². The first-order valence-electron chi connectivity index (χ1n) is 9.09. The third kappa shape index (κ3) is 2.54. The van der Waals surface area contributed by atoms with E-state index in [0.717, 1.165) is 28.3 Å². The fourth-order valence-corrected chi connectivity index (χ4v) is 4.98. The molecule has 0 spiro atoms. The van der Waals surface area contributed by atoms with Gasteiger partial charge in [-0.1, -0.05) is 54.1 Å². The molecule has 3 aromatic rings. The van der Waals surface area contributed by atoms with Crippen LogP contribution in [-0.4, -0.2) is 11.1 Å². The number of halogens is 1. The van der Waals surface area contributed by atoms with Crippen molar-refractivity contribution in [1.82, 2.24) is 0 Å². The summed E-state index contributed by atoms with van der Waals surface area (Å²) < 4.78 is 0. The topological polar surface area (TPSA) is 49.3 Å². The summed E-state index contributed by atoms with van der Waals surface area (Å²) in [6.45, 7) is 0. The molecule has 2 N–H and O–H groups in total. The maximum atomic E-state index is 11.5. The molecule has 1 heterocycles. The van der Waals surface area contributed by atoms with Crippen LogP contribution >= 0.6 is 11.6 Å². The summed E-state index contributed by atoms with van der Waals surface area (Å²) in [7, 11) is 0. The zero-order chi connectivity index (χ0) is 18.5. The second-order valence-electron chi connectivity index (χ2n) is 7.30. The molecule has 3 nitrogen and oxygen atoms in total. The SMILES string of the molecule is O=C(O)c1ccc2c(c1)[C@@H]1c3ccccc3C[C@H]1[C@@H](c1ccccc1Cl)N2. The van der Waals surface area contributed by atoms with Crippen LogP contribution in [0.1, 0.15) is 44.6 Å². The third-order valence-corrected chi connectivity index (χ3v) is 6.23. The molecule has 1 aliphatic heterocycles. The minimum absolute atomic E-state index is 0.0827. The molecule has 0 saturated carbocycles. The second-order valence-corrected chi connectivity index (χ2v) is 7.70. The van der Waals surface area contributed by atoms with Gasteiger partial charge in [0.1, 0.15) is 0 Å².